The Morgan fingerprint density at radius 3 is 2.60 bits per heavy atom. The van der Waals surface area contributed by atoms with Crippen molar-refractivity contribution in [2.24, 2.45) is 5.92 Å². The lowest BCUT2D eigenvalue weighted by Gasteiger charge is -2.31. The predicted molar refractivity (Wildman–Crippen MR) is 41.9 cm³/mol. The van der Waals surface area contributed by atoms with Gasteiger partial charge in [-0.25, -0.2) is 0 Å². The summed E-state index contributed by atoms with van der Waals surface area (Å²) < 4.78 is 0. The summed E-state index contributed by atoms with van der Waals surface area (Å²) in [5, 5.41) is 12.5. The summed E-state index contributed by atoms with van der Waals surface area (Å²) in [6.07, 6.45) is 3.01. The fraction of sp³-hybridized carbons (Fsp3) is 1.00. The molecule has 60 valence electrons. The fourth-order valence-corrected chi connectivity index (χ4v) is 1.70. The fourth-order valence-electron chi connectivity index (χ4n) is 1.70. The van der Waals surface area contributed by atoms with Crippen molar-refractivity contribution in [2.75, 3.05) is 7.05 Å². The highest BCUT2D eigenvalue weighted by molar-refractivity contribution is 4.81. The van der Waals surface area contributed by atoms with E-state index in [9.17, 15) is 5.11 Å². The minimum Gasteiger partial charge on any atom is -0.393 e. The molecule has 0 aromatic carbocycles. The van der Waals surface area contributed by atoms with Crippen LogP contribution < -0.4 is 5.32 Å². The lowest BCUT2D eigenvalue weighted by atomic mass is 9.84. The quantitative estimate of drug-likeness (QED) is 0.568. The molecule has 0 amide bonds. The van der Waals surface area contributed by atoms with Gasteiger partial charge in [-0.15, -0.1) is 0 Å². The van der Waals surface area contributed by atoms with E-state index < -0.39 is 0 Å². The van der Waals surface area contributed by atoms with Crippen molar-refractivity contribution in [3.63, 3.8) is 0 Å². The Morgan fingerprint density at radius 2 is 2.10 bits per heavy atom. The SMILES string of the molecule is CNC1CC(O)CCC1C. The third kappa shape index (κ3) is 1.70. The van der Waals surface area contributed by atoms with Crippen LogP contribution in [0.5, 0.6) is 0 Å². The highest BCUT2D eigenvalue weighted by Crippen LogP contribution is 2.23. The van der Waals surface area contributed by atoms with Crippen LogP contribution in [0.3, 0.4) is 0 Å². The smallest absolute Gasteiger partial charge is 0.0555 e. The van der Waals surface area contributed by atoms with Gasteiger partial charge in [0.15, 0.2) is 0 Å². The van der Waals surface area contributed by atoms with E-state index in [0.29, 0.717) is 6.04 Å². The van der Waals surface area contributed by atoms with E-state index in [1.165, 1.54) is 0 Å². The summed E-state index contributed by atoms with van der Waals surface area (Å²) in [6, 6.07) is 0.531. The topological polar surface area (TPSA) is 32.3 Å². The van der Waals surface area contributed by atoms with Gasteiger partial charge in [-0.2, -0.15) is 0 Å². The van der Waals surface area contributed by atoms with E-state index in [2.05, 4.69) is 12.2 Å². The Balaban J connectivity index is 2.38. The van der Waals surface area contributed by atoms with Crippen LogP contribution in [0.25, 0.3) is 0 Å². The molecular weight excluding hydrogens is 126 g/mol. The highest BCUT2D eigenvalue weighted by atomic mass is 16.3. The first kappa shape index (κ1) is 8.02. The summed E-state index contributed by atoms with van der Waals surface area (Å²) in [4.78, 5) is 0. The second-order valence-electron chi connectivity index (χ2n) is 3.34. The van der Waals surface area contributed by atoms with Crippen molar-refractivity contribution in [1.82, 2.24) is 5.32 Å². The van der Waals surface area contributed by atoms with E-state index in [-0.39, 0.29) is 6.10 Å². The molecule has 2 heteroatoms. The molecule has 0 heterocycles. The number of aliphatic hydroxyl groups excluding tert-OH is 1. The van der Waals surface area contributed by atoms with Gasteiger partial charge in [0, 0.05) is 6.04 Å². The molecule has 0 aliphatic heterocycles. The second kappa shape index (κ2) is 3.35. The molecule has 0 radical (unpaired) electrons. The Kier molecular flexibility index (Phi) is 2.69. The van der Waals surface area contributed by atoms with Gasteiger partial charge in [0.1, 0.15) is 0 Å². The maximum absolute atomic E-state index is 9.29. The molecule has 0 spiro atoms. The largest absolute Gasteiger partial charge is 0.393 e. The number of aliphatic hydroxyl groups is 1. The Labute approximate surface area is 62.6 Å². The van der Waals surface area contributed by atoms with Crippen molar-refractivity contribution in [1.29, 1.82) is 0 Å². The van der Waals surface area contributed by atoms with Crippen LogP contribution in [0.4, 0.5) is 0 Å². The minimum atomic E-state index is -0.0614. The summed E-state index contributed by atoms with van der Waals surface area (Å²) in [7, 11) is 1.97. The maximum atomic E-state index is 9.29. The molecule has 0 saturated heterocycles. The first-order valence-electron chi connectivity index (χ1n) is 4.09. The van der Waals surface area contributed by atoms with Crippen molar-refractivity contribution in [2.45, 2.75) is 38.3 Å². The molecule has 0 aromatic rings. The van der Waals surface area contributed by atoms with Crippen LogP contribution in [0, 0.1) is 5.92 Å². The van der Waals surface area contributed by atoms with Crippen molar-refractivity contribution in [3.8, 4) is 0 Å². The van der Waals surface area contributed by atoms with Gasteiger partial charge in [0.05, 0.1) is 6.10 Å². The molecule has 1 rings (SSSR count). The average molecular weight is 143 g/mol. The Hall–Kier alpha value is -0.0800. The molecule has 3 atom stereocenters. The molecule has 10 heavy (non-hydrogen) atoms. The number of hydrogen-bond donors (Lipinski definition) is 2. The van der Waals surface area contributed by atoms with Crippen molar-refractivity contribution < 1.29 is 5.11 Å². The predicted octanol–water partition coefficient (Wildman–Crippen LogP) is 0.755. The molecule has 3 unspecified atom stereocenters. The van der Waals surface area contributed by atoms with Gasteiger partial charge in [0.25, 0.3) is 0 Å². The van der Waals surface area contributed by atoms with Crippen molar-refractivity contribution >= 4 is 0 Å². The summed E-state index contributed by atoms with van der Waals surface area (Å²) in [5.74, 6) is 0.730. The monoisotopic (exact) mass is 143 g/mol. The van der Waals surface area contributed by atoms with E-state index in [1.54, 1.807) is 0 Å². The first-order valence-corrected chi connectivity index (χ1v) is 4.09. The molecule has 0 aromatic heterocycles. The first-order chi connectivity index (χ1) is 4.74. The lowest BCUT2D eigenvalue weighted by Crippen LogP contribution is -2.39. The third-order valence-electron chi connectivity index (χ3n) is 2.54. The van der Waals surface area contributed by atoms with E-state index in [0.717, 1.165) is 25.2 Å². The molecule has 1 saturated carbocycles. The molecule has 1 fully saturated rings. The van der Waals surface area contributed by atoms with Crippen molar-refractivity contribution in [3.05, 3.63) is 0 Å². The Bertz CT molecular complexity index is 105. The molecular formula is C8H17NO. The second-order valence-corrected chi connectivity index (χ2v) is 3.34. The lowest BCUT2D eigenvalue weighted by molar-refractivity contribution is 0.0912. The zero-order valence-corrected chi connectivity index (χ0v) is 6.80. The maximum Gasteiger partial charge on any atom is 0.0555 e. The zero-order valence-electron chi connectivity index (χ0n) is 6.80. The Morgan fingerprint density at radius 1 is 1.40 bits per heavy atom. The average Bonchev–Trinajstić information content (AvgIpc) is 1.94. The molecule has 2 nitrogen and oxygen atoms in total. The highest BCUT2D eigenvalue weighted by Gasteiger charge is 2.24. The van der Waals surface area contributed by atoms with E-state index >= 15 is 0 Å². The van der Waals surface area contributed by atoms with Gasteiger partial charge in [0.2, 0.25) is 0 Å². The zero-order chi connectivity index (χ0) is 7.56. The van der Waals surface area contributed by atoms with Gasteiger partial charge < -0.3 is 10.4 Å². The number of hydrogen-bond acceptors (Lipinski definition) is 2. The summed E-state index contributed by atoms with van der Waals surface area (Å²) in [6.45, 7) is 2.24. The van der Waals surface area contributed by atoms with Crippen LogP contribution in [-0.4, -0.2) is 24.3 Å². The van der Waals surface area contributed by atoms with Gasteiger partial charge in [-0.1, -0.05) is 6.92 Å². The van der Waals surface area contributed by atoms with Gasteiger partial charge >= 0.3 is 0 Å². The van der Waals surface area contributed by atoms with E-state index in [1.807, 2.05) is 7.05 Å². The number of rotatable bonds is 1. The molecule has 1 aliphatic carbocycles. The van der Waals surface area contributed by atoms with Crippen LogP contribution in [0.2, 0.25) is 0 Å². The standard InChI is InChI=1S/C8H17NO/c1-6-3-4-7(10)5-8(6)9-2/h6-10H,3-5H2,1-2H3. The molecule has 1 aliphatic rings. The minimum absolute atomic E-state index is 0.0614. The van der Waals surface area contributed by atoms with Gasteiger partial charge in [-0.3, -0.25) is 0 Å². The third-order valence-corrected chi connectivity index (χ3v) is 2.54. The van der Waals surface area contributed by atoms with Crippen LogP contribution in [-0.2, 0) is 0 Å². The summed E-state index contributed by atoms with van der Waals surface area (Å²) in [5.41, 5.74) is 0. The van der Waals surface area contributed by atoms with Crippen LogP contribution in [0.1, 0.15) is 26.2 Å². The normalized spacial score (nSPS) is 41.7. The van der Waals surface area contributed by atoms with Crippen LogP contribution in [0.15, 0.2) is 0 Å². The molecule has 2 N–H and O–H groups in total. The van der Waals surface area contributed by atoms with Gasteiger partial charge in [-0.05, 0) is 32.2 Å². The molecule has 0 bridgehead atoms. The number of nitrogens with one attached hydrogen (secondary N) is 1. The summed E-state index contributed by atoms with van der Waals surface area (Å²) >= 11 is 0. The van der Waals surface area contributed by atoms with Crippen LogP contribution >= 0.6 is 0 Å². The van der Waals surface area contributed by atoms with E-state index in [4.69, 9.17) is 0 Å².